The number of carbonyl (C=O) groups excluding carboxylic acids is 1. The fourth-order valence-corrected chi connectivity index (χ4v) is 3.51. The van der Waals surface area contributed by atoms with E-state index in [1.807, 2.05) is 17.0 Å². The summed E-state index contributed by atoms with van der Waals surface area (Å²) in [6, 6.07) is 14.3. The minimum Gasteiger partial charge on any atom is -0.339 e. The predicted molar refractivity (Wildman–Crippen MR) is 104 cm³/mol. The molecule has 0 aliphatic carbocycles. The van der Waals surface area contributed by atoms with Gasteiger partial charge in [-0.1, -0.05) is 28.4 Å². The Morgan fingerprint density at radius 3 is 2.41 bits per heavy atom. The van der Waals surface area contributed by atoms with Crippen LogP contribution >= 0.6 is 23.2 Å². The number of carbonyl (C=O) groups is 1. The van der Waals surface area contributed by atoms with Gasteiger partial charge in [0, 0.05) is 34.3 Å². The lowest BCUT2D eigenvalue weighted by Gasteiger charge is -2.31. The molecule has 1 atom stereocenters. The molecule has 0 unspecified atom stereocenters. The summed E-state index contributed by atoms with van der Waals surface area (Å²) in [5, 5.41) is 5.35. The fourth-order valence-electron chi connectivity index (χ4n) is 3.26. The smallest absolute Gasteiger partial charge is 0.253 e. The summed E-state index contributed by atoms with van der Waals surface area (Å²) in [5.41, 5.74) is 1.48. The minimum atomic E-state index is -0.00573. The second kappa shape index (κ2) is 7.71. The second-order valence-electron chi connectivity index (χ2n) is 6.56. The molecule has 1 aliphatic heterocycles. The molecule has 0 radical (unpaired) electrons. The van der Waals surface area contributed by atoms with Crippen LogP contribution in [0.2, 0.25) is 10.0 Å². The van der Waals surface area contributed by atoms with Crippen molar-refractivity contribution in [2.75, 3.05) is 13.1 Å². The van der Waals surface area contributed by atoms with Gasteiger partial charge in [0.25, 0.3) is 5.91 Å². The van der Waals surface area contributed by atoms with Crippen LogP contribution in [0.4, 0.5) is 0 Å². The van der Waals surface area contributed by atoms with E-state index in [9.17, 15) is 4.79 Å². The maximum absolute atomic E-state index is 12.8. The van der Waals surface area contributed by atoms with E-state index in [-0.39, 0.29) is 11.8 Å². The molecule has 1 aromatic heterocycles. The number of nitrogens with zero attached hydrogens (tertiary/aromatic N) is 3. The van der Waals surface area contributed by atoms with Crippen LogP contribution < -0.4 is 0 Å². The average Bonchev–Trinajstić information content (AvgIpc) is 3.19. The lowest BCUT2D eigenvalue weighted by Crippen LogP contribution is -2.39. The van der Waals surface area contributed by atoms with E-state index in [2.05, 4.69) is 10.1 Å². The highest BCUT2D eigenvalue weighted by atomic mass is 35.5. The molecule has 0 spiro atoms. The Morgan fingerprint density at radius 1 is 1.04 bits per heavy atom. The van der Waals surface area contributed by atoms with Gasteiger partial charge in [0.05, 0.1) is 5.92 Å². The molecule has 4 rings (SSSR count). The van der Waals surface area contributed by atoms with Crippen LogP contribution in [0.25, 0.3) is 11.4 Å². The predicted octanol–water partition coefficient (Wildman–Crippen LogP) is 5.06. The number of benzene rings is 2. The summed E-state index contributed by atoms with van der Waals surface area (Å²) in [6.07, 6.45) is 1.80. The van der Waals surface area contributed by atoms with E-state index in [1.165, 1.54) is 0 Å². The van der Waals surface area contributed by atoms with Crippen molar-refractivity contribution in [2.45, 2.75) is 18.8 Å². The Hall–Kier alpha value is -2.37. The van der Waals surface area contributed by atoms with Crippen LogP contribution in [0.1, 0.15) is 35.0 Å². The lowest BCUT2D eigenvalue weighted by atomic mass is 9.97. The average molecular weight is 402 g/mol. The molecule has 2 aromatic carbocycles. The number of hydrogen-bond acceptors (Lipinski definition) is 4. The minimum absolute atomic E-state index is 0.00573. The third-order valence-electron chi connectivity index (χ3n) is 4.69. The molecule has 3 aromatic rings. The van der Waals surface area contributed by atoms with Crippen molar-refractivity contribution in [2.24, 2.45) is 0 Å². The lowest BCUT2D eigenvalue weighted by molar-refractivity contribution is 0.0695. The molecule has 1 fully saturated rings. The number of aromatic nitrogens is 2. The molecule has 138 valence electrons. The van der Waals surface area contributed by atoms with Crippen LogP contribution in [0.3, 0.4) is 0 Å². The Labute approximate surface area is 166 Å². The van der Waals surface area contributed by atoms with Gasteiger partial charge in [-0.2, -0.15) is 4.98 Å². The third-order valence-corrected chi connectivity index (χ3v) is 5.20. The first-order valence-electron chi connectivity index (χ1n) is 8.74. The molecule has 0 N–H and O–H groups in total. The van der Waals surface area contributed by atoms with E-state index in [0.717, 1.165) is 24.9 Å². The van der Waals surface area contributed by atoms with E-state index >= 15 is 0 Å². The van der Waals surface area contributed by atoms with Crippen molar-refractivity contribution in [3.05, 3.63) is 70.0 Å². The molecule has 0 bridgehead atoms. The number of hydrogen-bond donors (Lipinski definition) is 0. The first-order chi connectivity index (χ1) is 13.1. The third kappa shape index (κ3) is 3.99. The summed E-state index contributed by atoms with van der Waals surface area (Å²) < 4.78 is 5.49. The van der Waals surface area contributed by atoms with Crippen molar-refractivity contribution in [3.8, 4) is 11.4 Å². The molecule has 2 heterocycles. The van der Waals surface area contributed by atoms with E-state index in [4.69, 9.17) is 27.7 Å². The van der Waals surface area contributed by atoms with Gasteiger partial charge in [-0.05, 0) is 61.4 Å². The van der Waals surface area contributed by atoms with Gasteiger partial charge in [0.2, 0.25) is 11.7 Å². The largest absolute Gasteiger partial charge is 0.339 e. The van der Waals surface area contributed by atoms with Crippen LogP contribution in [0, 0.1) is 0 Å². The molecule has 1 aliphatic rings. The fraction of sp³-hybridized carbons (Fsp3) is 0.250. The summed E-state index contributed by atoms with van der Waals surface area (Å²) >= 11 is 11.8. The molecule has 1 amide bonds. The number of halogens is 2. The number of likely N-dealkylation sites (tertiary alicyclic amines) is 1. The molecule has 7 heteroatoms. The van der Waals surface area contributed by atoms with Gasteiger partial charge in [0.1, 0.15) is 0 Å². The zero-order valence-electron chi connectivity index (χ0n) is 14.4. The highest BCUT2D eigenvalue weighted by molar-refractivity contribution is 6.30. The maximum atomic E-state index is 12.8. The Morgan fingerprint density at radius 2 is 1.70 bits per heavy atom. The first kappa shape index (κ1) is 18.0. The Bertz CT molecular complexity index is 939. The van der Waals surface area contributed by atoms with Crippen molar-refractivity contribution in [1.82, 2.24) is 15.0 Å². The van der Waals surface area contributed by atoms with Gasteiger partial charge in [0.15, 0.2) is 0 Å². The first-order valence-corrected chi connectivity index (χ1v) is 9.50. The van der Waals surface area contributed by atoms with E-state index < -0.39 is 0 Å². The summed E-state index contributed by atoms with van der Waals surface area (Å²) in [6.45, 7) is 1.28. The van der Waals surface area contributed by atoms with E-state index in [0.29, 0.717) is 33.9 Å². The molecule has 27 heavy (non-hydrogen) atoms. The number of amides is 1. The van der Waals surface area contributed by atoms with Gasteiger partial charge in [-0.25, -0.2) is 0 Å². The van der Waals surface area contributed by atoms with Gasteiger partial charge < -0.3 is 9.42 Å². The van der Waals surface area contributed by atoms with E-state index in [1.54, 1.807) is 36.4 Å². The number of rotatable bonds is 3. The second-order valence-corrected chi connectivity index (χ2v) is 7.43. The summed E-state index contributed by atoms with van der Waals surface area (Å²) in [5.74, 6) is 1.12. The summed E-state index contributed by atoms with van der Waals surface area (Å²) in [7, 11) is 0. The van der Waals surface area contributed by atoms with Crippen molar-refractivity contribution < 1.29 is 9.32 Å². The quantitative estimate of drug-likeness (QED) is 0.614. The van der Waals surface area contributed by atoms with Crippen LogP contribution in [-0.4, -0.2) is 34.0 Å². The summed E-state index contributed by atoms with van der Waals surface area (Å²) in [4.78, 5) is 19.1. The van der Waals surface area contributed by atoms with Crippen molar-refractivity contribution >= 4 is 29.1 Å². The topological polar surface area (TPSA) is 59.2 Å². The zero-order chi connectivity index (χ0) is 18.8. The van der Waals surface area contributed by atoms with Crippen LogP contribution in [-0.2, 0) is 0 Å². The molecule has 5 nitrogen and oxygen atoms in total. The molecule has 1 saturated heterocycles. The van der Waals surface area contributed by atoms with Gasteiger partial charge in [-0.3, -0.25) is 4.79 Å². The molecule has 0 saturated carbocycles. The highest BCUT2D eigenvalue weighted by Gasteiger charge is 2.29. The maximum Gasteiger partial charge on any atom is 0.253 e. The Kier molecular flexibility index (Phi) is 5.14. The van der Waals surface area contributed by atoms with Gasteiger partial charge >= 0.3 is 0 Å². The van der Waals surface area contributed by atoms with Crippen LogP contribution in [0.15, 0.2) is 53.1 Å². The zero-order valence-corrected chi connectivity index (χ0v) is 16.0. The SMILES string of the molecule is O=C(c1ccc(Cl)cc1)N1CCC[C@H](c2nc(-c3ccc(Cl)cc3)no2)C1. The monoisotopic (exact) mass is 401 g/mol. The normalized spacial score (nSPS) is 17.1. The highest BCUT2D eigenvalue weighted by Crippen LogP contribution is 2.29. The van der Waals surface area contributed by atoms with Crippen molar-refractivity contribution in [3.63, 3.8) is 0 Å². The Balaban J connectivity index is 1.49. The van der Waals surface area contributed by atoms with Crippen molar-refractivity contribution in [1.29, 1.82) is 0 Å². The van der Waals surface area contributed by atoms with Gasteiger partial charge in [-0.15, -0.1) is 0 Å². The molecular weight excluding hydrogens is 385 g/mol. The standard InChI is InChI=1S/C20H17Cl2N3O2/c21-16-7-3-13(4-8-16)18-23-19(27-24-18)15-2-1-11-25(12-15)20(26)14-5-9-17(22)10-6-14/h3-10,15H,1-2,11-12H2/t15-/m0/s1. The van der Waals surface area contributed by atoms with Crippen LogP contribution in [0.5, 0.6) is 0 Å². The molecular formula is C20H17Cl2N3O2. The number of piperidine rings is 1.